The maximum atomic E-state index is 12.8. The lowest BCUT2D eigenvalue weighted by Crippen LogP contribution is -2.25. The van der Waals surface area contributed by atoms with Crippen LogP contribution in [0.4, 0.5) is 11.5 Å². The van der Waals surface area contributed by atoms with Crippen LogP contribution in [0.15, 0.2) is 59.7 Å². The minimum Gasteiger partial charge on any atom is -0.477 e. The number of benzene rings is 1. The van der Waals surface area contributed by atoms with Gasteiger partial charge in [0, 0.05) is 10.6 Å². The number of nitrogens with one attached hydrogen (secondary N) is 2. The van der Waals surface area contributed by atoms with E-state index in [1.165, 1.54) is 17.5 Å². The van der Waals surface area contributed by atoms with Crippen molar-refractivity contribution in [2.45, 2.75) is 13.0 Å². The number of hydrogen-bond acceptors (Lipinski definition) is 5. The van der Waals surface area contributed by atoms with Crippen molar-refractivity contribution in [1.29, 1.82) is 0 Å². The van der Waals surface area contributed by atoms with Gasteiger partial charge in [0.2, 0.25) is 0 Å². The maximum absolute atomic E-state index is 12.8. The average molecular weight is 380 g/mol. The van der Waals surface area contributed by atoms with E-state index in [1.54, 1.807) is 16.8 Å². The standard InChI is InChI=1S/C19H16N4O3S/c1-11-4-2-5-12(8-11)21-18(24)13-10-20-23-15(16-6-3-7-27-16)9-14(19(25)26)22-17(13)23/h2-10,15,22H,1H3,(H,21,24)(H,25,26)/t15-/m0/s1. The molecule has 0 saturated heterocycles. The number of allylic oxidation sites excluding steroid dienone is 1. The molecule has 2 aromatic heterocycles. The molecule has 0 bridgehead atoms. The summed E-state index contributed by atoms with van der Waals surface area (Å²) in [6.45, 7) is 1.94. The molecule has 1 amide bonds. The van der Waals surface area contributed by atoms with Gasteiger partial charge in [0.05, 0.1) is 6.20 Å². The number of thiophene rings is 1. The van der Waals surface area contributed by atoms with Crippen molar-refractivity contribution in [1.82, 2.24) is 9.78 Å². The molecule has 0 aliphatic carbocycles. The van der Waals surface area contributed by atoms with Crippen LogP contribution in [0.2, 0.25) is 0 Å². The molecule has 1 aliphatic rings. The molecule has 3 aromatic rings. The summed E-state index contributed by atoms with van der Waals surface area (Å²) in [5.41, 5.74) is 1.99. The van der Waals surface area contributed by atoms with E-state index in [-0.39, 0.29) is 23.2 Å². The zero-order valence-corrected chi connectivity index (χ0v) is 15.2. The highest BCUT2D eigenvalue weighted by molar-refractivity contribution is 7.10. The van der Waals surface area contributed by atoms with Crippen molar-refractivity contribution < 1.29 is 14.7 Å². The molecular formula is C19H16N4O3S. The van der Waals surface area contributed by atoms with Gasteiger partial charge in [-0.05, 0) is 42.1 Å². The van der Waals surface area contributed by atoms with E-state index in [0.717, 1.165) is 10.4 Å². The van der Waals surface area contributed by atoms with Crippen LogP contribution in [0.1, 0.15) is 26.8 Å². The highest BCUT2D eigenvalue weighted by Crippen LogP contribution is 2.34. The fraction of sp³-hybridized carbons (Fsp3) is 0.105. The highest BCUT2D eigenvalue weighted by atomic mass is 32.1. The number of aromatic nitrogens is 2. The predicted octanol–water partition coefficient (Wildman–Crippen LogP) is 3.49. The number of aliphatic carboxylic acids is 1. The highest BCUT2D eigenvalue weighted by Gasteiger charge is 2.29. The third-order valence-electron chi connectivity index (χ3n) is 4.22. The van der Waals surface area contributed by atoms with Gasteiger partial charge >= 0.3 is 5.97 Å². The van der Waals surface area contributed by atoms with Crippen molar-refractivity contribution >= 4 is 34.7 Å². The van der Waals surface area contributed by atoms with Gasteiger partial charge in [0.1, 0.15) is 23.1 Å². The van der Waals surface area contributed by atoms with Crippen LogP contribution in [-0.4, -0.2) is 26.8 Å². The molecule has 4 rings (SSSR count). The Bertz CT molecular complexity index is 1050. The minimum absolute atomic E-state index is 0.0194. The fourth-order valence-corrected chi connectivity index (χ4v) is 3.75. The third kappa shape index (κ3) is 3.22. The van der Waals surface area contributed by atoms with Gasteiger partial charge in [-0.2, -0.15) is 5.10 Å². The van der Waals surface area contributed by atoms with Gasteiger partial charge in [-0.1, -0.05) is 18.2 Å². The molecule has 3 N–H and O–H groups in total. The van der Waals surface area contributed by atoms with Crippen molar-refractivity contribution in [3.8, 4) is 0 Å². The Labute approximate surface area is 159 Å². The largest absolute Gasteiger partial charge is 0.477 e. The smallest absolute Gasteiger partial charge is 0.352 e. The quantitative estimate of drug-likeness (QED) is 0.644. The summed E-state index contributed by atoms with van der Waals surface area (Å²) < 4.78 is 1.63. The lowest BCUT2D eigenvalue weighted by Gasteiger charge is -2.23. The van der Waals surface area contributed by atoms with Gasteiger partial charge < -0.3 is 15.7 Å². The molecule has 0 fully saturated rings. The summed E-state index contributed by atoms with van der Waals surface area (Å²) in [6, 6.07) is 10.9. The summed E-state index contributed by atoms with van der Waals surface area (Å²) in [6.07, 6.45) is 3.04. The number of rotatable bonds is 4. The van der Waals surface area contributed by atoms with Gasteiger partial charge in [-0.15, -0.1) is 11.3 Å². The number of anilines is 2. The first kappa shape index (κ1) is 17.0. The lowest BCUT2D eigenvalue weighted by molar-refractivity contribution is -0.132. The Morgan fingerprint density at radius 3 is 2.85 bits per heavy atom. The molecule has 8 heteroatoms. The van der Waals surface area contributed by atoms with Crippen molar-refractivity contribution in [3.63, 3.8) is 0 Å². The van der Waals surface area contributed by atoms with Gasteiger partial charge in [-0.25, -0.2) is 9.48 Å². The summed E-state index contributed by atoms with van der Waals surface area (Å²) in [5, 5.41) is 21.4. The van der Waals surface area contributed by atoms with Crippen LogP contribution < -0.4 is 10.6 Å². The Morgan fingerprint density at radius 2 is 2.15 bits per heavy atom. The Kier molecular flexibility index (Phi) is 4.25. The monoisotopic (exact) mass is 380 g/mol. The van der Waals surface area contributed by atoms with E-state index < -0.39 is 5.97 Å². The number of carbonyl (C=O) groups excluding carboxylic acids is 1. The van der Waals surface area contributed by atoms with E-state index in [1.807, 2.05) is 42.6 Å². The fourth-order valence-electron chi connectivity index (χ4n) is 2.97. The number of fused-ring (bicyclic) bond motifs is 1. The predicted molar refractivity (Wildman–Crippen MR) is 103 cm³/mol. The molecule has 27 heavy (non-hydrogen) atoms. The number of carboxylic acids is 1. The summed E-state index contributed by atoms with van der Waals surface area (Å²) in [5.74, 6) is -1.08. The van der Waals surface area contributed by atoms with Crippen LogP contribution in [0.25, 0.3) is 0 Å². The zero-order valence-electron chi connectivity index (χ0n) is 14.3. The van der Waals surface area contributed by atoms with Gasteiger partial charge in [-0.3, -0.25) is 4.79 Å². The SMILES string of the molecule is Cc1cccc(NC(=O)c2cnn3c2NC(C(=O)O)=C[C@H]3c2cccs2)c1. The van der Waals surface area contributed by atoms with Crippen LogP contribution in [-0.2, 0) is 4.79 Å². The molecule has 0 radical (unpaired) electrons. The van der Waals surface area contributed by atoms with E-state index in [9.17, 15) is 14.7 Å². The number of carbonyl (C=O) groups is 2. The van der Waals surface area contributed by atoms with Crippen LogP contribution in [0.3, 0.4) is 0 Å². The zero-order chi connectivity index (χ0) is 19.0. The number of aryl methyl sites for hydroxylation is 1. The second kappa shape index (κ2) is 6.73. The normalized spacial score (nSPS) is 15.4. The van der Waals surface area contributed by atoms with Crippen molar-refractivity contribution in [2.24, 2.45) is 0 Å². The summed E-state index contributed by atoms with van der Waals surface area (Å²) in [7, 11) is 0. The molecule has 7 nitrogen and oxygen atoms in total. The van der Waals surface area contributed by atoms with E-state index >= 15 is 0 Å². The molecule has 136 valence electrons. The van der Waals surface area contributed by atoms with Crippen molar-refractivity contribution in [2.75, 3.05) is 10.6 Å². The number of amides is 1. The molecule has 3 heterocycles. The van der Waals surface area contributed by atoms with Crippen molar-refractivity contribution in [3.05, 3.63) is 75.8 Å². The minimum atomic E-state index is -1.09. The Morgan fingerprint density at radius 1 is 1.30 bits per heavy atom. The first-order chi connectivity index (χ1) is 13.0. The average Bonchev–Trinajstić information content (AvgIpc) is 3.30. The second-order valence-electron chi connectivity index (χ2n) is 6.15. The Hall–Kier alpha value is -3.39. The second-order valence-corrected chi connectivity index (χ2v) is 7.13. The molecule has 1 aromatic carbocycles. The number of hydrogen-bond donors (Lipinski definition) is 3. The van der Waals surface area contributed by atoms with E-state index in [4.69, 9.17) is 0 Å². The van der Waals surface area contributed by atoms with Gasteiger partial charge in [0.15, 0.2) is 0 Å². The van der Waals surface area contributed by atoms with Crippen LogP contribution in [0.5, 0.6) is 0 Å². The van der Waals surface area contributed by atoms with E-state index in [2.05, 4.69) is 15.7 Å². The topological polar surface area (TPSA) is 96.3 Å². The first-order valence-electron chi connectivity index (χ1n) is 8.24. The van der Waals surface area contributed by atoms with Crippen LogP contribution >= 0.6 is 11.3 Å². The van der Waals surface area contributed by atoms with E-state index in [0.29, 0.717) is 11.5 Å². The van der Waals surface area contributed by atoms with Gasteiger partial charge in [0.25, 0.3) is 5.91 Å². The number of carboxylic acid groups (broad SMARTS) is 1. The number of nitrogens with zero attached hydrogens (tertiary/aromatic N) is 2. The lowest BCUT2D eigenvalue weighted by atomic mass is 10.1. The molecule has 0 unspecified atom stereocenters. The Balaban J connectivity index is 1.70. The summed E-state index contributed by atoms with van der Waals surface area (Å²) >= 11 is 1.50. The molecule has 1 aliphatic heterocycles. The third-order valence-corrected chi connectivity index (χ3v) is 5.17. The van der Waals surface area contributed by atoms with Crippen LogP contribution in [0, 0.1) is 6.92 Å². The molecule has 1 atom stereocenters. The summed E-state index contributed by atoms with van der Waals surface area (Å²) in [4.78, 5) is 25.2. The maximum Gasteiger partial charge on any atom is 0.352 e. The molecular weight excluding hydrogens is 364 g/mol. The first-order valence-corrected chi connectivity index (χ1v) is 9.12. The molecule has 0 saturated carbocycles. The molecule has 0 spiro atoms.